The van der Waals surface area contributed by atoms with Crippen LogP contribution in [0.5, 0.6) is 0 Å². The molecular formula is C28H29N9O. The van der Waals surface area contributed by atoms with E-state index in [-0.39, 0.29) is 0 Å². The van der Waals surface area contributed by atoms with Crippen LogP contribution in [0.3, 0.4) is 0 Å². The van der Waals surface area contributed by atoms with Crippen molar-refractivity contribution >= 4 is 11.7 Å². The smallest absolute Gasteiger partial charge is 0.318 e. The number of benzene rings is 1. The molecule has 0 unspecified atom stereocenters. The van der Waals surface area contributed by atoms with Gasteiger partial charge in [-0.2, -0.15) is 10.2 Å². The maximum Gasteiger partial charge on any atom is 0.318 e. The topological polar surface area (TPSA) is 95.1 Å². The fourth-order valence-corrected chi connectivity index (χ4v) is 4.96. The van der Waals surface area contributed by atoms with Gasteiger partial charge in [0.15, 0.2) is 0 Å². The number of aryl methyl sites for hydroxylation is 4. The molecule has 6 rings (SSSR count). The third-order valence-corrected chi connectivity index (χ3v) is 6.98. The zero-order valence-corrected chi connectivity index (χ0v) is 22.3. The number of nitrogens with zero attached hydrogens (tertiary/aromatic N) is 9. The van der Waals surface area contributed by atoms with Crippen LogP contribution < -0.4 is 4.90 Å². The summed E-state index contributed by atoms with van der Waals surface area (Å²) in [6, 6.07) is 10.8. The summed E-state index contributed by atoms with van der Waals surface area (Å²) in [4.78, 5) is 6.48. The molecule has 0 aliphatic heterocycles. The molecule has 38 heavy (non-hydrogen) atoms. The molecule has 0 fully saturated rings. The highest BCUT2D eigenvalue weighted by molar-refractivity contribution is 5.73. The summed E-state index contributed by atoms with van der Waals surface area (Å²) < 4.78 is 11.9. The van der Waals surface area contributed by atoms with Crippen LogP contribution >= 0.6 is 0 Å². The number of anilines is 1. The number of hydrogen-bond donors (Lipinski definition) is 0. The molecule has 5 heterocycles. The fourth-order valence-electron chi connectivity index (χ4n) is 4.96. The van der Waals surface area contributed by atoms with Crippen molar-refractivity contribution in [2.24, 2.45) is 14.1 Å². The molecule has 1 aromatic carbocycles. The number of rotatable bonds is 6. The Morgan fingerprint density at radius 2 is 1.79 bits per heavy atom. The molecule has 5 aromatic heterocycles. The maximum absolute atomic E-state index is 6.11. The summed E-state index contributed by atoms with van der Waals surface area (Å²) in [5.74, 6) is 0.499. The second-order valence-electron chi connectivity index (χ2n) is 9.76. The third kappa shape index (κ3) is 4.03. The van der Waals surface area contributed by atoms with Crippen molar-refractivity contribution < 1.29 is 4.42 Å². The largest absolute Gasteiger partial charge is 0.403 e. The predicted molar refractivity (Wildman–Crippen MR) is 146 cm³/mol. The Kier molecular flexibility index (Phi) is 5.59. The minimum absolute atomic E-state index is 0.459. The van der Waals surface area contributed by atoms with Gasteiger partial charge in [-0.15, -0.1) is 5.10 Å². The van der Waals surface area contributed by atoms with E-state index in [4.69, 9.17) is 4.42 Å². The highest BCUT2D eigenvalue weighted by atomic mass is 16.4. The molecule has 0 aliphatic carbocycles. The molecule has 6 aromatic rings. The van der Waals surface area contributed by atoms with Crippen LogP contribution in [0.15, 0.2) is 59.5 Å². The molecule has 10 nitrogen and oxygen atoms in total. The van der Waals surface area contributed by atoms with Gasteiger partial charge in [0.05, 0.1) is 23.8 Å². The number of pyridine rings is 1. The van der Waals surface area contributed by atoms with Gasteiger partial charge in [-0.1, -0.05) is 23.3 Å². The highest BCUT2D eigenvalue weighted by Crippen LogP contribution is 2.32. The molecule has 0 bridgehead atoms. The molecule has 0 spiro atoms. The van der Waals surface area contributed by atoms with Crippen LogP contribution in [0.25, 0.3) is 39.5 Å². The average molecular weight is 508 g/mol. The zero-order chi connectivity index (χ0) is 26.6. The molecule has 0 amide bonds. The van der Waals surface area contributed by atoms with E-state index in [2.05, 4.69) is 68.0 Å². The Balaban J connectivity index is 1.24. The maximum atomic E-state index is 6.11. The molecule has 192 valence electrons. The molecular weight excluding hydrogens is 478 g/mol. The first-order valence-corrected chi connectivity index (χ1v) is 12.4. The van der Waals surface area contributed by atoms with Crippen molar-refractivity contribution in [3.05, 3.63) is 77.6 Å². The van der Waals surface area contributed by atoms with Gasteiger partial charge in [-0.3, -0.25) is 13.8 Å². The SMILES string of the molecule is Cc1cc(-c2c(C)nn(C)c2C)ccc1-c1nnc(N(C)Cc2ccc3ncc(-c4cnn(C)c4)n3c2)o1. The Labute approximate surface area is 220 Å². The van der Waals surface area contributed by atoms with Crippen LogP contribution in [-0.4, -0.2) is 46.2 Å². The normalized spacial score (nSPS) is 11.5. The predicted octanol–water partition coefficient (Wildman–Crippen LogP) is 4.75. The van der Waals surface area contributed by atoms with Gasteiger partial charge in [0.25, 0.3) is 0 Å². The minimum Gasteiger partial charge on any atom is -0.403 e. The summed E-state index contributed by atoms with van der Waals surface area (Å²) in [5.41, 5.74) is 10.4. The first-order valence-electron chi connectivity index (χ1n) is 12.4. The van der Waals surface area contributed by atoms with Crippen molar-refractivity contribution in [3.63, 3.8) is 0 Å². The summed E-state index contributed by atoms with van der Waals surface area (Å²) in [5, 5.41) is 17.5. The van der Waals surface area contributed by atoms with E-state index >= 15 is 0 Å². The Morgan fingerprint density at radius 1 is 0.947 bits per heavy atom. The van der Waals surface area contributed by atoms with E-state index in [1.54, 1.807) is 4.68 Å². The molecule has 0 atom stereocenters. The molecule has 10 heteroatoms. The lowest BCUT2D eigenvalue weighted by atomic mass is 9.98. The van der Waals surface area contributed by atoms with Crippen molar-refractivity contribution in [3.8, 4) is 33.8 Å². The molecule has 0 N–H and O–H groups in total. The lowest BCUT2D eigenvalue weighted by Crippen LogP contribution is -2.17. The van der Waals surface area contributed by atoms with Crippen LogP contribution in [-0.2, 0) is 20.6 Å². The van der Waals surface area contributed by atoms with Crippen LogP contribution in [0.1, 0.15) is 22.5 Å². The summed E-state index contributed by atoms with van der Waals surface area (Å²) in [6.45, 7) is 6.78. The molecule has 0 aliphatic rings. The number of imidazole rings is 1. The average Bonchev–Trinajstić information content (AvgIpc) is 3.66. The molecule has 0 saturated heterocycles. The lowest BCUT2D eigenvalue weighted by molar-refractivity contribution is 0.554. The Bertz CT molecular complexity index is 1790. The van der Waals surface area contributed by atoms with Crippen molar-refractivity contribution in [1.82, 2.24) is 39.1 Å². The van der Waals surface area contributed by atoms with Gasteiger partial charge < -0.3 is 9.32 Å². The fraction of sp³-hybridized carbons (Fsp3) is 0.250. The van der Waals surface area contributed by atoms with Gasteiger partial charge in [-0.05, 0) is 49.6 Å². The van der Waals surface area contributed by atoms with E-state index in [9.17, 15) is 0 Å². The lowest BCUT2D eigenvalue weighted by Gasteiger charge is -2.14. The first kappa shape index (κ1) is 23.7. The van der Waals surface area contributed by atoms with Crippen LogP contribution in [0.2, 0.25) is 0 Å². The van der Waals surface area contributed by atoms with Crippen LogP contribution in [0, 0.1) is 20.8 Å². The Hall–Kier alpha value is -4.73. The third-order valence-electron chi connectivity index (χ3n) is 6.98. The summed E-state index contributed by atoms with van der Waals surface area (Å²) in [7, 11) is 5.82. The number of fused-ring (bicyclic) bond motifs is 1. The van der Waals surface area contributed by atoms with Gasteiger partial charge in [0.2, 0.25) is 5.89 Å². The zero-order valence-electron chi connectivity index (χ0n) is 22.3. The summed E-state index contributed by atoms with van der Waals surface area (Å²) >= 11 is 0. The number of hydrogen-bond acceptors (Lipinski definition) is 7. The summed E-state index contributed by atoms with van der Waals surface area (Å²) in [6.07, 6.45) is 7.78. The number of aromatic nitrogens is 8. The monoisotopic (exact) mass is 507 g/mol. The van der Waals surface area contributed by atoms with Crippen molar-refractivity contribution in [2.45, 2.75) is 27.3 Å². The molecule has 0 saturated carbocycles. The van der Waals surface area contributed by atoms with E-state index in [0.29, 0.717) is 18.5 Å². The van der Waals surface area contributed by atoms with E-state index in [1.165, 1.54) is 0 Å². The second-order valence-corrected chi connectivity index (χ2v) is 9.76. The van der Waals surface area contributed by atoms with Crippen molar-refractivity contribution in [2.75, 3.05) is 11.9 Å². The molecule has 0 radical (unpaired) electrons. The standard InChI is InChI=1S/C28H29N9O/c1-17-11-21(26-18(2)33-36(6)19(26)3)8-9-23(17)27-31-32-28(38-27)34(4)14-20-7-10-25-29-13-24(37(25)15-20)22-12-30-35(5)16-22/h7-13,15-16H,14H2,1-6H3. The Morgan fingerprint density at radius 3 is 2.50 bits per heavy atom. The van der Waals surface area contributed by atoms with Gasteiger partial charge >= 0.3 is 6.01 Å². The van der Waals surface area contributed by atoms with E-state index in [0.717, 1.165) is 56.1 Å². The van der Waals surface area contributed by atoms with Crippen LogP contribution in [0.4, 0.5) is 6.01 Å². The minimum atomic E-state index is 0.459. The quantitative estimate of drug-likeness (QED) is 0.321. The van der Waals surface area contributed by atoms with E-state index < -0.39 is 0 Å². The van der Waals surface area contributed by atoms with Gasteiger partial charge in [0, 0.05) is 62.5 Å². The second kappa shape index (κ2) is 8.98. The van der Waals surface area contributed by atoms with Gasteiger partial charge in [0.1, 0.15) is 5.65 Å². The van der Waals surface area contributed by atoms with Crippen molar-refractivity contribution in [1.29, 1.82) is 0 Å². The highest BCUT2D eigenvalue weighted by Gasteiger charge is 2.18. The van der Waals surface area contributed by atoms with Gasteiger partial charge in [-0.25, -0.2) is 4.98 Å². The van der Waals surface area contributed by atoms with E-state index in [1.807, 2.05) is 68.4 Å². The first-order chi connectivity index (χ1) is 18.3.